The molecule has 0 radical (unpaired) electrons. The summed E-state index contributed by atoms with van der Waals surface area (Å²) >= 11 is 3.36. The van der Waals surface area contributed by atoms with E-state index < -0.39 is 0 Å². The van der Waals surface area contributed by atoms with Gasteiger partial charge in [0.25, 0.3) is 5.91 Å². The van der Waals surface area contributed by atoms with E-state index in [1.807, 2.05) is 44.7 Å². The lowest BCUT2D eigenvalue weighted by atomic mass is 10.1. The first-order valence-corrected chi connectivity index (χ1v) is 10.7. The summed E-state index contributed by atoms with van der Waals surface area (Å²) in [5.41, 5.74) is 0.531. The molecular formula is C19H23ClN4OS2. The lowest BCUT2D eigenvalue weighted by Gasteiger charge is -2.23. The third kappa shape index (κ3) is 4.99. The highest BCUT2D eigenvalue weighted by molar-refractivity contribution is 7.10. The molecule has 0 saturated carbocycles. The maximum atomic E-state index is 13.1. The fraction of sp³-hybridized carbons (Fsp3) is 0.368. The average Bonchev–Trinajstić information content (AvgIpc) is 3.44. The third-order valence-corrected chi connectivity index (χ3v) is 6.34. The highest BCUT2D eigenvalue weighted by Crippen LogP contribution is 2.20. The molecule has 1 aliphatic rings. The molecule has 4 rings (SSSR count). The molecule has 3 aromatic heterocycles. The van der Waals surface area contributed by atoms with Gasteiger partial charge in [0.15, 0.2) is 0 Å². The van der Waals surface area contributed by atoms with Crippen molar-refractivity contribution in [2.24, 2.45) is 0 Å². The maximum absolute atomic E-state index is 13.1. The molecule has 4 heterocycles. The van der Waals surface area contributed by atoms with Gasteiger partial charge in [-0.15, -0.1) is 35.1 Å². The van der Waals surface area contributed by atoms with Gasteiger partial charge in [0.2, 0.25) is 0 Å². The Hall–Kier alpha value is -1.67. The monoisotopic (exact) mass is 422 g/mol. The minimum absolute atomic E-state index is 0. The van der Waals surface area contributed by atoms with Gasteiger partial charge in [-0.2, -0.15) is 5.10 Å². The lowest BCUT2D eigenvalue weighted by molar-refractivity contribution is 0.0726. The predicted octanol–water partition coefficient (Wildman–Crippen LogP) is 4.20. The van der Waals surface area contributed by atoms with Gasteiger partial charge in [-0.05, 0) is 48.3 Å². The molecule has 1 N–H and O–H groups in total. The number of thiophene rings is 2. The van der Waals surface area contributed by atoms with Gasteiger partial charge in [-0.3, -0.25) is 9.48 Å². The SMILES string of the molecule is Cl.O=C(c1ccn(C2CCCNC2)n1)N(Cc1cccs1)Cc1cccs1. The number of nitrogens with zero attached hydrogens (tertiary/aromatic N) is 3. The van der Waals surface area contributed by atoms with Crippen LogP contribution in [0.4, 0.5) is 0 Å². The van der Waals surface area contributed by atoms with Crippen LogP contribution in [0.15, 0.2) is 47.3 Å². The number of carbonyl (C=O) groups excluding carboxylic acids is 1. The molecule has 144 valence electrons. The zero-order chi connectivity index (χ0) is 17.8. The maximum Gasteiger partial charge on any atom is 0.275 e. The van der Waals surface area contributed by atoms with Crippen LogP contribution < -0.4 is 5.32 Å². The number of rotatable bonds is 6. The van der Waals surface area contributed by atoms with Crippen molar-refractivity contribution in [3.8, 4) is 0 Å². The Morgan fingerprint density at radius 1 is 1.19 bits per heavy atom. The van der Waals surface area contributed by atoms with E-state index in [-0.39, 0.29) is 18.3 Å². The first kappa shape index (κ1) is 20.1. The quantitative estimate of drug-likeness (QED) is 0.647. The van der Waals surface area contributed by atoms with E-state index in [9.17, 15) is 4.79 Å². The summed E-state index contributed by atoms with van der Waals surface area (Å²) < 4.78 is 1.95. The number of hydrogen-bond acceptors (Lipinski definition) is 5. The number of halogens is 1. The Balaban J connectivity index is 0.00000210. The van der Waals surface area contributed by atoms with Crippen LogP contribution in [0.2, 0.25) is 0 Å². The molecule has 0 aromatic carbocycles. The van der Waals surface area contributed by atoms with Crippen molar-refractivity contribution in [1.29, 1.82) is 0 Å². The van der Waals surface area contributed by atoms with E-state index in [4.69, 9.17) is 0 Å². The van der Waals surface area contributed by atoms with Crippen LogP contribution in [0.5, 0.6) is 0 Å². The molecule has 0 spiro atoms. The van der Waals surface area contributed by atoms with Gasteiger partial charge in [-0.1, -0.05) is 12.1 Å². The molecule has 8 heteroatoms. The Morgan fingerprint density at radius 2 is 1.89 bits per heavy atom. The Labute approximate surface area is 173 Å². The zero-order valence-electron chi connectivity index (χ0n) is 14.9. The van der Waals surface area contributed by atoms with Crippen LogP contribution in [-0.2, 0) is 13.1 Å². The van der Waals surface area contributed by atoms with Gasteiger partial charge in [-0.25, -0.2) is 0 Å². The highest BCUT2D eigenvalue weighted by atomic mass is 35.5. The first-order valence-electron chi connectivity index (χ1n) is 8.89. The largest absolute Gasteiger partial charge is 0.327 e. The van der Waals surface area contributed by atoms with Gasteiger partial charge in [0.05, 0.1) is 19.1 Å². The Kier molecular flexibility index (Phi) is 7.07. The summed E-state index contributed by atoms with van der Waals surface area (Å²) in [6, 6.07) is 10.4. The van der Waals surface area contributed by atoms with Crippen LogP contribution in [-0.4, -0.2) is 33.7 Å². The van der Waals surface area contributed by atoms with Crippen molar-refractivity contribution in [2.45, 2.75) is 32.0 Å². The zero-order valence-corrected chi connectivity index (χ0v) is 17.4. The van der Waals surface area contributed by atoms with Gasteiger partial charge in [0, 0.05) is 22.5 Å². The number of aromatic nitrogens is 2. The minimum atomic E-state index is -0.00526. The number of nitrogens with one attached hydrogen (secondary N) is 1. The molecule has 1 atom stereocenters. The number of hydrogen-bond donors (Lipinski definition) is 1. The van der Waals surface area contributed by atoms with E-state index in [1.54, 1.807) is 22.7 Å². The predicted molar refractivity (Wildman–Crippen MR) is 113 cm³/mol. The van der Waals surface area contributed by atoms with E-state index in [0.29, 0.717) is 24.8 Å². The molecule has 0 aliphatic carbocycles. The summed E-state index contributed by atoms with van der Waals surface area (Å²) in [4.78, 5) is 17.4. The fourth-order valence-corrected chi connectivity index (χ4v) is 4.70. The van der Waals surface area contributed by atoms with E-state index >= 15 is 0 Å². The number of piperidine rings is 1. The highest BCUT2D eigenvalue weighted by Gasteiger charge is 2.22. The molecule has 1 amide bonds. The lowest BCUT2D eigenvalue weighted by Crippen LogP contribution is -2.33. The summed E-state index contributed by atoms with van der Waals surface area (Å²) in [6.45, 7) is 3.22. The molecule has 27 heavy (non-hydrogen) atoms. The van der Waals surface area contributed by atoms with Crippen molar-refractivity contribution in [1.82, 2.24) is 20.0 Å². The van der Waals surface area contributed by atoms with Crippen molar-refractivity contribution in [2.75, 3.05) is 13.1 Å². The molecule has 1 saturated heterocycles. The number of amides is 1. The van der Waals surface area contributed by atoms with Crippen LogP contribution in [0.3, 0.4) is 0 Å². The fourth-order valence-electron chi connectivity index (χ4n) is 3.26. The summed E-state index contributed by atoms with van der Waals surface area (Å²) in [5.74, 6) is -0.00526. The second-order valence-corrected chi connectivity index (χ2v) is 8.57. The van der Waals surface area contributed by atoms with Crippen molar-refractivity contribution in [3.63, 3.8) is 0 Å². The Bertz CT molecular complexity index is 790. The minimum Gasteiger partial charge on any atom is -0.327 e. The topological polar surface area (TPSA) is 50.2 Å². The Morgan fingerprint density at radius 3 is 2.44 bits per heavy atom. The van der Waals surface area contributed by atoms with Gasteiger partial charge < -0.3 is 10.2 Å². The summed E-state index contributed by atoms with van der Waals surface area (Å²) in [6.07, 6.45) is 4.20. The van der Waals surface area contributed by atoms with Crippen molar-refractivity contribution >= 4 is 41.0 Å². The smallest absolute Gasteiger partial charge is 0.275 e. The molecule has 1 aliphatic heterocycles. The van der Waals surface area contributed by atoms with Crippen molar-refractivity contribution in [3.05, 3.63) is 62.7 Å². The molecule has 1 fully saturated rings. The van der Waals surface area contributed by atoms with Crippen molar-refractivity contribution < 1.29 is 4.79 Å². The van der Waals surface area contributed by atoms with E-state index in [1.165, 1.54) is 9.75 Å². The molecular weight excluding hydrogens is 400 g/mol. The summed E-state index contributed by atoms with van der Waals surface area (Å²) in [5, 5.41) is 12.1. The summed E-state index contributed by atoms with van der Waals surface area (Å²) in [7, 11) is 0. The van der Waals surface area contributed by atoms with E-state index in [2.05, 4.69) is 22.5 Å². The second-order valence-electron chi connectivity index (χ2n) is 6.50. The van der Waals surface area contributed by atoms with Crippen LogP contribution >= 0.6 is 35.1 Å². The average molecular weight is 423 g/mol. The number of carbonyl (C=O) groups is 1. The van der Waals surface area contributed by atoms with Gasteiger partial charge >= 0.3 is 0 Å². The molecule has 3 aromatic rings. The molecule has 1 unspecified atom stereocenters. The van der Waals surface area contributed by atoms with Crippen LogP contribution in [0.1, 0.15) is 39.1 Å². The molecule has 5 nitrogen and oxygen atoms in total. The second kappa shape index (κ2) is 9.50. The normalized spacial score (nSPS) is 16.7. The van der Waals surface area contributed by atoms with Crippen LogP contribution in [0, 0.1) is 0 Å². The van der Waals surface area contributed by atoms with Crippen LogP contribution in [0.25, 0.3) is 0 Å². The van der Waals surface area contributed by atoms with Gasteiger partial charge in [0.1, 0.15) is 5.69 Å². The third-order valence-electron chi connectivity index (χ3n) is 4.61. The first-order chi connectivity index (χ1) is 12.8. The standard InChI is InChI=1S/C19H22N4OS2.ClH/c24-19(18-7-9-23(21-18)15-4-1-8-20-12-15)22(13-16-5-2-10-25-16)14-17-6-3-11-26-17;/h2-3,5-7,9-11,15,20H,1,4,8,12-14H2;1H. The molecule has 0 bridgehead atoms. The van der Waals surface area contributed by atoms with E-state index in [0.717, 1.165) is 25.9 Å².